The molecule has 246 valence electrons. The molecule has 4 nitrogen and oxygen atoms in total. The third-order valence-corrected chi connectivity index (χ3v) is 10.8. The predicted octanol–water partition coefficient (Wildman–Crippen LogP) is 13.0. The monoisotopic (exact) mass is 675 g/mol. The summed E-state index contributed by atoms with van der Waals surface area (Å²) in [6.45, 7) is 0. The summed E-state index contributed by atoms with van der Waals surface area (Å²) < 4.78 is 10.8. The van der Waals surface area contributed by atoms with Gasteiger partial charge in [0.25, 0.3) is 0 Å². The number of benzene rings is 8. The minimum absolute atomic E-state index is 0.647. The Morgan fingerprint density at radius 2 is 0.943 bits per heavy atom. The van der Waals surface area contributed by atoms with Crippen molar-refractivity contribution >= 4 is 65.6 Å². The van der Waals surface area contributed by atoms with Crippen molar-refractivity contribution in [1.82, 2.24) is 9.13 Å². The first kappa shape index (κ1) is 29.4. The lowest BCUT2D eigenvalue weighted by atomic mass is 9.99. The summed E-state index contributed by atoms with van der Waals surface area (Å²) >= 11 is 0. The predicted molar refractivity (Wildman–Crippen MR) is 218 cm³/mol. The Morgan fingerprint density at radius 1 is 0.396 bits per heavy atom. The van der Waals surface area contributed by atoms with Crippen molar-refractivity contribution < 1.29 is 4.42 Å². The molecule has 0 radical (unpaired) electrons. The van der Waals surface area contributed by atoms with E-state index in [-0.39, 0.29) is 0 Å². The molecule has 0 aliphatic rings. The van der Waals surface area contributed by atoms with Crippen LogP contribution in [0.5, 0.6) is 0 Å². The Hall–Kier alpha value is -7.35. The Balaban J connectivity index is 1.04. The molecule has 11 aromatic rings. The van der Waals surface area contributed by atoms with E-state index in [1.54, 1.807) is 0 Å². The maximum absolute atomic E-state index is 9.60. The first-order chi connectivity index (χ1) is 26.2. The molecule has 0 atom stereocenters. The summed E-state index contributed by atoms with van der Waals surface area (Å²) in [7, 11) is 0. The van der Waals surface area contributed by atoms with E-state index in [1.165, 1.54) is 43.7 Å². The van der Waals surface area contributed by atoms with Crippen molar-refractivity contribution in [3.8, 4) is 39.7 Å². The smallest absolute Gasteiger partial charge is 0.136 e. The van der Waals surface area contributed by atoms with Gasteiger partial charge in [0.15, 0.2) is 0 Å². The largest absolute Gasteiger partial charge is 0.456 e. The summed E-state index contributed by atoms with van der Waals surface area (Å²) in [6.07, 6.45) is 0. The molecule has 4 heteroatoms. The van der Waals surface area contributed by atoms with E-state index in [4.69, 9.17) is 4.42 Å². The van der Waals surface area contributed by atoms with Crippen LogP contribution in [0, 0.1) is 11.3 Å². The number of aromatic nitrogens is 2. The van der Waals surface area contributed by atoms with Gasteiger partial charge in [0.2, 0.25) is 0 Å². The summed E-state index contributed by atoms with van der Waals surface area (Å²) in [5.41, 5.74) is 13.8. The van der Waals surface area contributed by atoms with Crippen LogP contribution in [0.3, 0.4) is 0 Å². The van der Waals surface area contributed by atoms with Gasteiger partial charge in [-0.1, -0.05) is 97.1 Å². The fourth-order valence-corrected chi connectivity index (χ4v) is 8.38. The Morgan fingerprint density at radius 3 is 1.62 bits per heavy atom. The third kappa shape index (κ3) is 4.41. The van der Waals surface area contributed by atoms with E-state index in [0.717, 1.165) is 55.5 Å². The molecule has 0 saturated carbocycles. The van der Waals surface area contributed by atoms with Crippen molar-refractivity contribution in [2.45, 2.75) is 0 Å². The lowest BCUT2D eigenvalue weighted by Gasteiger charge is -2.11. The molecule has 3 heterocycles. The van der Waals surface area contributed by atoms with Crippen molar-refractivity contribution in [2.24, 2.45) is 0 Å². The molecule has 11 rings (SSSR count). The molecule has 0 saturated heterocycles. The second-order valence-electron chi connectivity index (χ2n) is 13.7. The summed E-state index contributed by atoms with van der Waals surface area (Å²) in [5, 5.41) is 16.7. The fourth-order valence-electron chi connectivity index (χ4n) is 8.38. The lowest BCUT2D eigenvalue weighted by molar-refractivity contribution is 0.669. The first-order valence-corrected chi connectivity index (χ1v) is 17.8. The van der Waals surface area contributed by atoms with Crippen LogP contribution in [0.4, 0.5) is 0 Å². The number of rotatable bonds is 4. The van der Waals surface area contributed by atoms with E-state index in [2.05, 4.69) is 155 Å². The highest BCUT2D eigenvalue weighted by Gasteiger charge is 2.17. The van der Waals surface area contributed by atoms with E-state index in [1.807, 2.05) is 36.4 Å². The maximum Gasteiger partial charge on any atom is 0.136 e. The molecule has 0 aliphatic carbocycles. The second kappa shape index (κ2) is 11.3. The van der Waals surface area contributed by atoms with Gasteiger partial charge in [-0.15, -0.1) is 0 Å². The van der Waals surface area contributed by atoms with Crippen LogP contribution < -0.4 is 0 Å². The SMILES string of the molecule is N#Cc1cccc(-n2c3ccccc3c3cc(-c4ccc5c(c4)c4ccccc4n5-c4ccc(-c5cccc6oc7ccccc7c56)cc4)ccc32)c1. The van der Waals surface area contributed by atoms with E-state index in [0.29, 0.717) is 5.56 Å². The molecular weight excluding hydrogens is 647 g/mol. The molecule has 0 N–H and O–H groups in total. The molecule has 0 aliphatic heterocycles. The Labute approximate surface area is 304 Å². The van der Waals surface area contributed by atoms with Gasteiger partial charge < -0.3 is 13.6 Å². The van der Waals surface area contributed by atoms with Crippen LogP contribution in [0.25, 0.3) is 99.2 Å². The molecular formula is C49H29N3O. The zero-order chi connectivity index (χ0) is 35.0. The molecule has 0 unspecified atom stereocenters. The van der Waals surface area contributed by atoms with Gasteiger partial charge in [-0.3, -0.25) is 0 Å². The van der Waals surface area contributed by atoms with Crippen LogP contribution in [0.1, 0.15) is 5.56 Å². The Kier molecular flexibility index (Phi) is 6.28. The highest BCUT2D eigenvalue weighted by molar-refractivity contribution is 6.14. The van der Waals surface area contributed by atoms with Crippen LogP contribution in [-0.2, 0) is 0 Å². The number of nitriles is 1. The minimum atomic E-state index is 0.647. The van der Waals surface area contributed by atoms with Gasteiger partial charge in [-0.25, -0.2) is 0 Å². The number of para-hydroxylation sites is 3. The van der Waals surface area contributed by atoms with Crippen molar-refractivity contribution in [3.05, 3.63) is 181 Å². The van der Waals surface area contributed by atoms with Gasteiger partial charge in [0.1, 0.15) is 11.2 Å². The molecule has 8 aromatic carbocycles. The van der Waals surface area contributed by atoms with Crippen LogP contribution in [0.2, 0.25) is 0 Å². The number of fused-ring (bicyclic) bond motifs is 9. The fraction of sp³-hybridized carbons (Fsp3) is 0. The second-order valence-corrected chi connectivity index (χ2v) is 13.7. The van der Waals surface area contributed by atoms with E-state index >= 15 is 0 Å². The average molecular weight is 676 g/mol. The number of furan rings is 1. The maximum atomic E-state index is 9.60. The van der Waals surface area contributed by atoms with Crippen molar-refractivity contribution in [2.75, 3.05) is 0 Å². The topological polar surface area (TPSA) is 46.8 Å². The molecule has 0 spiro atoms. The van der Waals surface area contributed by atoms with Crippen LogP contribution in [-0.4, -0.2) is 9.13 Å². The van der Waals surface area contributed by atoms with Gasteiger partial charge in [0, 0.05) is 43.7 Å². The number of hydrogen-bond acceptors (Lipinski definition) is 2. The standard InChI is InChI=1S/C49H29N3O/c50-30-31-9-7-10-36(27-31)52-44-16-5-2-12-39(44)42-29-34(22-26-46(42)52)33-21-25-45-41(28-33)38-11-1-4-15-43(38)51(45)35-23-19-32(20-24-35)37-14-8-18-48-49(37)40-13-3-6-17-47(40)53-48/h1-29H. The van der Waals surface area contributed by atoms with E-state index < -0.39 is 0 Å². The van der Waals surface area contributed by atoms with Gasteiger partial charge in [0.05, 0.1) is 33.7 Å². The molecule has 0 amide bonds. The molecule has 0 fully saturated rings. The summed E-state index contributed by atoms with van der Waals surface area (Å²) in [4.78, 5) is 0. The van der Waals surface area contributed by atoms with E-state index in [9.17, 15) is 5.26 Å². The highest BCUT2D eigenvalue weighted by atomic mass is 16.3. The van der Waals surface area contributed by atoms with Gasteiger partial charge in [-0.05, 0) is 101 Å². The zero-order valence-corrected chi connectivity index (χ0v) is 28.5. The summed E-state index contributed by atoms with van der Waals surface area (Å²) in [6, 6.07) is 64.4. The Bertz CT molecular complexity index is 3300. The van der Waals surface area contributed by atoms with Crippen molar-refractivity contribution in [3.63, 3.8) is 0 Å². The normalized spacial score (nSPS) is 11.8. The quantitative estimate of drug-likeness (QED) is 0.186. The van der Waals surface area contributed by atoms with Crippen molar-refractivity contribution in [1.29, 1.82) is 5.26 Å². The lowest BCUT2D eigenvalue weighted by Crippen LogP contribution is -1.94. The first-order valence-electron chi connectivity index (χ1n) is 17.8. The third-order valence-electron chi connectivity index (χ3n) is 10.8. The zero-order valence-electron chi connectivity index (χ0n) is 28.5. The van der Waals surface area contributed by atoms with Gasteiger partial charge >= 0.3 is 0 Å². The minimum Gasteiger partial charge on any atom is -0.456 e. The van der Waals surface area contributed by atoms with Crippen LogP contribution in [0.15, 0.2) is 180 Å². The van der Waals surface area contributed by atoms with Crippen LogP contribution >= 0.6 is 0 Å². The molecule has 53 heavy (non-hydrogen) atoms. The molecule has 3 aromatic heterocycles. The highest BCUT2D eigenvalue weighted by Crippen LogP contribution is 2.40. The number of hydrogen-bond donors (Lipinski definition) is 0. The molecule has 0 bridgehead atoms. The van der Waals surface area contributed by atoms with Gasteiger partial charge in [-0.2, -0.15) is 5.26 Å². The number of nitrogens with zero attached hydrogens (tertiary/aromatic N) is 3. The average Bonchev–Trinajstić information content (AvgIpc) is 3.88. The summed E-state index contributed by atoms with van der Waals surface area (Å²) in [5.74, 6) is 0.